The van der Waals surface area contributed by atoms with E-state index < -0.39 is 15.9 Å². The predicted molar refractivity (Wildman–Crippen MR) is 137 cm³/mol. The topological polar surface area (TPSA) is 83.8 Å². The highest BCUT2D eigenvalue weighted by molar-refractivity contribution is 9.10. The average molecular weight is 531 g/mol. The number of amides is 1. The van der Waals surface area contributed by atoms with Crippen LogP contribution >= 0.6 is 15.9 Å². The monoisotopic (exact) mass is 530 g/mol. The SMILES string of the molecule is Cc1ccc(-n2c(C)cc(/C=N\NC(=O)CN(c3ccc(Br)cc3)S(C)(=O)=O)c2C)c(C)c1. The molecule has 33 heavy (non-hydrogen) atoms. The second kappa shape index (κ2) is 9.93. The van der Waals surface area contributed by atoms with Crippen molar-refractivity contribution >= 4 is 43.8 Å². The predicted octanol–water partition coefficient (Wildman–Crippen LogP) is 4.39. The van der Waals surface area contributed by atoms with E-state index in [0.717, 1.165) is 37.7 Å². The minimum Gasteiger partial charge on any atom is -0.318 e. The van der Waals surface area contributed by atoms with E-state index in [4.69, 9.17) is 0 Å². The van der Waals surface area contributed by atoms with Gasteiger partial charge in [0.2, 0.25) is 10.0 Å². The molecule has 1 N–H and O–H groups in total. The van der Waals surface area contributed by atoms with Crippen molar-refractivity contribution < 1.29 is 13.2 Å². The smallest absolute Gasteiger partial charge is 0.260 e. The molecule has 0 atom stereocenters. The van der Waals surface area contributed by atoms with Crippen LogP contribution in [0.3, 0.4) is 0 Å². The Labute approximate surface area is 203 Å². The Bertz CT molecular complexity index is 1310. The van der Waals surface area contributed by atoms with Gasteiger partial charge in [0, 0.05) is 27.1 Å². The molecule has 1 heterocycles. The van der Waals surface area contributed by atoms with Crippen molar-refractivity contribution in [3.63, 3.8) is 0 Å². The van der Waals surface area contributed by atoms with Crippen molar-refractivity contribution in [2.24, 2.45) is 5.10 Å². The Kier molecular flexibility index (Phi) is 7.44. The lowest BCUT2D eigenvalue weighted by Gasteiger charge is -2.21. The molecule has 2 aromatic carbocycles. The van der Waals surface area contributed by atoms with E-state index in [1.54, 1.807) is 30.5 Å². The largest absolute Gasteiger partial charge is 0.318 e. The number of carbonyl (C=O) groups is 1. The van der Waals surface area contributed by atoms with E-state index in [9.17, 15) is 13.2 Å². The molecule has 0 bridgehead atoms. The maximum Gasteiger partial charge on any atom is 0.260 e. The number of aromatic nitrogens is 1. The first-order chi connectivity index (χ1) is 15.5. The van der Waals surface area contributed by atoms with Crippen LogP contribution in [0.5, 0.6) is 0 Å². The number of carbonyl (C=O) groups excluding carboxylic acids is 1. The lowest BCUT2D eigenvalue weighted by atomic mass is 10.1. The van der Waals surface area contributed by atoms with Gasteiger partial charge in [0.25, 0.3) is 5.91 Å². The van der Waals surface area contributed by atoms with Crippen molar-refractivity contribution in [2.75, 3.05) is 17.1 Å². The summed E-state index contributed by atoms with van der Waals surface area (Å²) in [6, 6.07) is 15.0. The summed E-state index contributed by atoms with van der Waals surface area (Å²) >= 11 is 3.32. The standard InChI is InChI=1S/C24H27BrN4O3S/c1-16-6-11-23(17(2)12-16)29-18(3)13-20(19(29)4)14-26-27-24(30)15-28(33(5,31)32)22-9-7-21(25)8-10-22/h6-14H,15H2,1-5H3,(H,27,30)/b26-14-. The Morgan fingerprint density at radius 2 is 1.76 bits per heavy atom. The molecule has 0 aliphatic carbocycles. The van der Waals surface area contributed by atoms with E-state index in [2.05, 4.69) is 63.1 Å². The minimum absolute atomic E-state index is 0.376. The number of rotatable bonds is 7. The normalized spacial score (nSPS) is 11.7. The van der Waals surface area contributed by atoms with Crippen molar-refractivity contribution in [1.29, 1.82) is 0 Å². The maximum absolute atomic E-state index is 12.4. The molecule has 0 saturated carbocycles. The van der Waals surface area contributed by atoms with Crippen molar-refractivity contribution in [3.8, 4) is 5.69 Å². The van der Waals surface area contributed by atoms with E-state index in [1.165, 1.54) is 11.1 Å². The molecule has 1 amide bonds. The van der Waals surface area contributed by atoms with Crippen LogP contribution in [0.4, 0.5) is 5.69 Å². The summed E-state index contributed by atoms with van der Waals surface area (Å²) in [7, 11) is -3.65. The summed E-state index contributed by atoms with van der Waals surface area (Å²) in [6.07, 6.45) is 2.64. The van der Waals surface area contributed by atoms with Gasteiger partial charge in [-0.25, -0.2) is 13.8 Å². The number of aryl methyl sites for hydroxylation is 3. The summed E-state index contributed by atoms with van der Waals surface area (Å²) in [5.74, 6) is -0.539. The number of halogens is 1. The summed E-state index contributed by atoms with van der Waals surface area (Å²) < 4.78 is 28.4. The highest BCUT2D eigenvalue weighted by Gasteiger charge is 2.20. The lowest BCUT2D eigenvalue weighted by molar-refractivity contribution is -0.119. The fourth-order valence-corrected chi connectivity index (χ4v) is 4.81. The number of hydrazone groups is 1. The van der Waals surface area contributed by atoms with Crippen LogP contribution in [-0.2, 0) is 14.8 Å². The van der Waals surface area contributed by atoms with Crippen LogP contribution in [0.15, 0.2) is 58.1 Å². The Morgan fingerprint density at radius 1 is 1.09 bits per heavy atom. The molecule has 0 aliphatic heterocycles. The zero-order chi connectivity index (χ0) is 24.3. The molecule has 0 unspecified atom stereocenters. The fourth-order valence-electron chi connectivity index (χ4n) is 3.69. The van der Waals surface area contributed by atoms with Crippen LogP contribution in [-0.4, -0.2) is 37.9 Å². The van der Waals surface area contributed by atoms with Gasteiger partial charge < -0.3 is 4.57 Å². The molecular formula is C24H27BrN4O3S. The van der Waals surface area contributed by atoms with Crippen LogP contribution in [0, 0.1) is 27.7 Å². The van der Waals surface area contributed by atoms with Crippen LogP contribution in [0.1, 0.15) is 28.1 Å². The molecule has 0 radical (unpaired) electrons. The quantitative estimate of drug-likeness (QED) is 0.363. The zero-order valence-corrected chi connectivity index (χ0v) is 21.7. The summed E-state index contributed by atoms with van der Waals surface area (Å²) in [6.45, 7) is 7.78. The minimum atomic E-state index is -3.65. The number of hydrogen-bond donors (Lipinski definition) is 1. The Morgan fingerprint density at radius 3 is 2.36 bits per heavy atom. The third-order valence-corrected chi connectivity index (χ3v) is 6.93. The highest BCUT2D eigenvalue weighted by Crippen LogP contribution is 2.23. The van der Waals surface area contributed by atoms with Gasteiger partial charge in [-0.15, -0.1) is 0 Å². The molecule has 0 aliphatic rings. The van der Waals surface area contributed by atoms with Gasteiger partial charge in [0.05, 0.1) is 18.2 Å². The summed E-state index contributed by atoms with van der Waals surface area (Å²) in [4.78, 5) is 12.4. The van der Waals surface area contributed by atoms with Gasteiger partial charge in [-0.05, 0) is 69.7 Å². The van der Waals surface area contributed by atoms with Gasteiger partial charge in [-0.2, -0.15) is 5.10 Å². The first-order valence-corrected chi connectivity index (χ1v) is 12.9. The Balaban J connectivity index is 1.75. The average Bonchev–Trinajstić information content (AvgIpc) is 3.00. The number of sulfonamides is 1. The van der Waals surface area contributed by atoms with E-state index >= 15 is 0 Å². The fraction of sp³-hybridized carbons (Fsp3) is 0.250. The summed E-state index contributed by atoms with van der Waals surface area (Å²) in [5.41, 5.74) is 9.20. The number of anilines is 1. The van der Waals surface area contributed by atoms with Crippen molar-refractivity contribution in [2.45, 2.75) is 27.7 Å². The molecular weight excluding hydrogens is 504 g/mol. The summed E-state index contributed by atoms with van der Waals surface area (Å²) in [5, 5.41) is 4.06. The molecule has 1 aromatic heterocycles. The van der Waals surface area contributed by atoms with Gasteiger partial charge in [0.15, 0.2) is 0 Å². The molecule has 0 spiro atoms. The van der Waals surface area contributed by atoms with E-state index in [1.807, 2.05) is 19.9 Å². The second-order valence-corrected chi connectivity index (χ2v) is 10.8. The zero-order valence-electron chi connectivity index (χ0n) is 19.3. The third-order valence-electron chi connectivity index (χ3n) is 5.26. The maximum atomic E-state index is 12.4. The van der Waals surface area contributed by atoms with Crippen molar-refractivity contribution in [1.82, 2.24) is 9.99 Å². The first kappa shape index (κ1) is 24.7. The van der Waals surface area contributed by atoms with Crippen LogP contribution in [0.25, 0.3) is 5.69 Å². The van der Waals surface area contributed by atoms with Crippen molar-refractivity contribution in [3.05, 3.63) is 81.1 Å². The molecule has 9 heteroatoms. The van der Waals surface area contributed by atoms with Gasteiger partial charge in [-0.1, -0.05) is 33.6 Å². The lowest BCUT2D eigenvalue weighted by Crippen LogP contribution is -2.39. The van der Waals surface area contributed by atoms with E-state index in [0.29, 0.717) is 5.69 Å². The molecule has 0 fully saturated rings. The molecule has 7 nitrogen and oxygen atoms in total. The second-order valence-electron chi connectivity index (χ2n) is 7.99. The number of benzene rings is 2. The van der Waals surface area contributed by atoms with Gasteiger partial charge in [-0.3, -0.25) is 9.10 Å². The van der Waals surface area contributed by atoms with E-state index in [-0.39, 0.29) is 6.54 Å². The van der Waals surface area contributed by atoms with Gasteiger partial charge in [0.1, 0.15) is 6.54 Å². The number of nitrogens with zero attached hydrogens (tertiary/aromatic N) is 3. The third kappa shape index (κ3) is 5.91. The molecule has 3 rings (SSSR count). The van der Waals surface area contributed by atoms with Crippen LogP contribution < -0.4 is 9.73 Å². The first-order valence-electron chi connectivity index (χ1n) is 10.3. The van der Waals surface area contributed by atoms with Gasteiger partial charge >= 0.3 is 0 Å². The number of hydrogen-bond acceptors (Lipinski definition) is 4. The Hall–Kier alpha value is -2.91. The van der Waals surface area contributed by atoms with Crippen LogP contribution in [0.2, 0.25) is 0 Å². The molecule has 3 aromatic rings. The molecule has 0 saturated heterocycles. The number of nitrogens with one attached hydrogen (secondary N) is 1. The highest BCUT2D eigenvalue weighted by atomic mass is 79.9. The molecule has 174 valence electrons.